The largest absolute Gasteiger partial charge is 0.410 e. The minimum absolute atomic E-state index is 0.0977. The number of rotatable bonds is 6. The molecule has 0 saturated carbocycles. The van der Waals surface area contributed by atoms with Crippen LogP contribution >= 0.6 is 23.1 Å². The molecular weight excluding hydrogens is 296 g/mol. The van der Waals surface area contributed by atoms with Gasteiger partial charge in [-0.15, -0.1) is 28.1 Å². The highest BCUT2D eigenvalue weighted by atomic mass is 32.2. The van der Waals surface area contributed by atoms with Crippen LogP contribution in [0.4, 0.5) is 0 Å². The van der Waals surface area contributed by atoms with Crippen molar-refractivity contribution in [3.8, 4) is 10.8 Å². The number of hydrogen-bond donors (Lipinski definition) is 1. The lowest BCUT2D eigenvalue weighted by atomic mass is 10.4. The van der Waals surface area contributed by atoms with Gasteiger partial charge in [0, 0.05) is 6.54 Å². The summed E-state index contributed by atoms with van der Waals surface area (Å²) in [5, 5.41) is 11.9. The van der Waals surface area contributed by atoms with E-state index in [1.54, 1.807) is 6.08 Å². The zero-order valence-electron chi connectivity index (χ0n) is 11.2. The Hall–Kier alpha value is -1.67. The van der Waals surface area contributed by atoms with Gasteiger partial charge in [0.15, 0.2) is 0 Å². The molecule has 1 amide bonds. The number of carbonyl (C=O) groups is 1. The quantitative estimate of drug-likeness (QED) is 0.651. The van der Waals surface area contributed by atoms with Crippen molar-refractivity contribution >= 4 is 29.0 Å². The summed E-state index contributed by atoms with van der Waals surface area (Å²) in [6.45, 7) is 7.81. The summed E-state index contributed by atoms with van der Waals surface area (Å²) in [5.74, 6) is 0.581. The third-order valence-corrected chi connectivity index (χ3v) is 4.15. The molecule has 0 radical (unpaired) electrons. The van der Waals surface area contributed by atoms with Gasteiger partial charge in [-0.1, -0.05) is 17.8 Å². The van der Waals surface area contributed by atoms with Crippen LogP contribution in [0.1, 0.15) is 10.7 Å². The van der Waals surface area contributed by atoms with Crippen molar-refractivity contribution in [1.82, 2.24) is 20.5 Å². The van der Waals surface area contributed by atoms with Crippen LogP contribution in [0, 0.1) is 13.8 Å². The van der Waals surface area contributed by atoms with Crippen LogP contribution < -0.4 is 5.32 Å². The molecule has 106 valence electrons. The van der Waals surface area contributed by atoms with Crippen LogP contribution in [0.15, 0.2) is 22.3 Å². The first-order valence-electron chi connectivity index (χ1n) is 5.88. The van der Waals surface area contributed by atoms with Gasteiger partial charge in [-0.25, -0.2) is 4.98 Å². The predicted octanol–water partition coefficient (Wildman–Crippen LogP) is 2.20. The number of nitrogens with zero attached hydrogens (tertiary/aromatic N) is 3. The van der Waals surface area contributed by atoms with Gasteiger partial charge < -0.3 is 9.73 Å². The van der Waals surface area contributed by atoms with E-state index in [1.165, 1.54) is 23.1 Å². The van der Waals surface area contributed by atoms with E-state index in [1.807, 2.05) is 13.8 Å². The van der Waals surface area contributed by atoms with Gasteiger partial charge in [-0.3, -0.25) is 4.79 Å². The van der Waals surface area contributed by atoms with Crippen LogP contribution in [0.3, 0.4) is 0 Å². The molecule has 2 rings (SSSR count). The highest BCUT2D eigenvalue weighted by Gasteiger charge is 2.15. The van der Waals surface area contributed by atoms with Gasteiger partial charge in [-0.2, -0.15) is 0 Å². The van der Waals surface area contributed by atoms with E-state index in [0.717, 1.165) is 15.6 Å². The van der Waals surface area contributed by atoms with Crippen molar-refractivity contribution in [2.75, 3.05) is 12.3 Å². The Bertz CT molecular complexity index is 621. The lowest BCUT2D eigenvalue weighted by Crippen LogP contribution is -2.24. The lowest BCUT2D eigenvalue weighted by Gasteiger charge is -1.98. The first kappa shape index (κ1) is 14.7. The normalized spacial score (nSPS) is 10.5. The van der Waals surface area contributed by atoms with Crippen molar-refractivity contribution in [2.24, 2.45) is 0 Å². The topological polar surface area (TPSA) is 80.9 Å². The summed E-state index contributed by atoms with van der Waals surface area (Å²) in [7, 11) is 0. The molecule has 6 nitrogen and oxygen atoms in total. The molecule has 8 heteroatoms. The van der Waals surface area contributed by atoms with Gasteiger partial charge in [0.25, 0.3) is 11.1 Å². The smallest absolute Gasteiger partial charge is 0.277 e. The SMILES string of the molecule is C=CCNC(=O)CSc1nnc(-c2sc(C)nc2C)o1. The number of nitrogens with one attached hydrogen (secondary N) is 1. The van der Waals surface area contributed by atoms with Crippen LogP contribution in [0.2, 0.25) is 0 Å². The second-order valence-corrected chi connectivity index (χ2v) is 6.03. The molecule has 1 N–H and O–H groups in total. The zero-order chi connectivity index (χ0) is 14.5. The summed E-state index contributed by atoms with van der Waals surface area (Å²) < 4.78 is 5.53. The number of thioether (sulfide) groups is 1. The van der Waals surface area contributed by atoms with Crippen LogP contribution in [-0.4, -0.2) is 33.4 Å². The molecule has 0 bridgehead atoms. The van der Waals surface area contributed by atoms with E-state index in [2.05, 4.69) is 27.1 Å². The molecule has 0 aliphatic rings. The van der Waals surface area contributed by atoms with Crippen LogP contribution in [0.5, 0.6) is 0 Å². The fraction of sp³-hybridized carbons (Fsp3) is 0.333. The number of carbonyl (C=O) groups excluding carboxylic acids is 1. The predicted molar refractivity (Wildman–Crippen MR) is 78.8 cm³/mol. The second kappa shape index (κ2) is 6.67. The Morgan fingerprint density at radius 2 is 2.30 bits per heavy atom. The molecule has 20 heavy (non-hydrogen) atoms. The molecule has 0 fully saturated rings. The third-order valence-electron chi connectivity index (χ3n) is 2.27. The summed E-state index contributed by atoms with van der Waals surface area (Å²) in [4.78, 5) is 16.6. The molecule has 2 heterocycles. The van der Waals surface area contributed by atoms with Crippen molar-refractivity contribution in [3.05, 3.63) is 23.4 Å². The van der Waals surface area contributed by atoms with Crippen molar-refractivity contribution in [3.63, 3.8) is 0 Å². The Kier molecular flexibility index (Phi) is 4.91. The van der Waals surface area contributed by atoms with E-state index in [-0.39, 0.29) is 11.7 Å². The molecular formula is C12H14N4O2S2. The van der Waals surface area contributed by atoms with Crippen molar-refractivity contribution in [1.29, 1.82) is 0 Å². The molecule has 0 aliphatic carbocycles. The van der Waals surface area contributed by atoms with Crippen molar-refractivity contribution in [2.45, 2.75) is 19.1 Å². The fourth-order valence-corrected chi connectivity index (χ4v) is 2.89. The number of aryl methyl sites for hydroxylation is 2. The fourth-order valence-electron chi connectivity index (χ4n) is 1.45. The highest BCUT2D eigenvalue weighted by Crippen LogP contribution is 2.30. The maximum atomic E-state index is 11.4. The van der Waals surface area contributed by atoms with E-state index >= 15 is 0 Å². The molecule has 2 aromatic rings. The highest BCUT2D eigenvalue weighted by molar-refractivity contribution is 7.99. The molecule has 2 aromatic heterocycles. The number of aromatic nitrogens is 3. The summed E-state index contributed by atoms with van der Waals surface area (Å²) in [6.07, 6.45) is 1.63. The van der Waals surface area contributed by atoms with E-state index in [9.17, 15) is 4.79 Å². The van der Waals surface area contributed by atoms with Crippen LogP contribution in [-0.2, 0) is 4.79 Å². The van der Waals surface area contributed by atoms with Gasteiger partial charge in [0.05, 0.1) is 16.5 Å². The number of thiazole rings is 1. The van der Waals surface area contributed by atoms with Gasteiger partial charge in [0.2, 0.25) is 5.91 Å². The van der Waals surface area contributed by atoms with E-state index < -0.39 is 0 Å². The Labute approximate surface area is 124 Å². The molecule has 0 atom stereocenters. The second-order valence-electron chi connectivity index (χ2n) is 3.90. The molecule has 0 saturated heterocycles. The van der Waals surface area contributed by atoms with Gasteiger partial charge >= 0.3 is 0 Å². The number of hydrogen-bond acceptors (Lipinski definition) is 7. The van der Waals surface area contributed by atoms with Gasteiger partial charge in [0.1, 0.15) is 4.88 Å². The monoisotopic (exact) mass is 310 g/mol. The van der Waals surface area contributed by atoms with E-state index in [0.29, 0.717) is 17.7 Å². The third kappa shape index (κ3) is 3.67. The Morgan fingerprint density at radius 3 is 2.95 bits per heavy atom. The first-order valence-corrected chi connectivity index (χ1v) is 7.68. The minimum Gasteiger partial charge on any atom is -0.410 e. The lowest BCUT2D eigenvalue weighted by molar-refractivity contribution is -0.118. The Balaban J connectivity index is 1.97. The van der Waals surface area contributed by atoms with Gasteiger partial charge in [-0.05, 0) is 13.8 Å². The summed E-state index contributed by atoms with van der Waals surface area (Å²) in [5.41, 5.74) is 0.872. The molecule has 0 aliphatic heterocycles. The minimum atomic E-state index is -0.0977. The summed E-state index contributed by atoms with van der Waals surface area (Å²) >= 11 is 2.71. The zero-order valence-corrected chi connectivity index (χ0v) is 12.8. The average molecular weight is 310 g/mol. The maximum Gasteiger partial charge on any atom is 0.277 e. The van der Waals surface area contributed by atoms with E-state index in [4.69, 9.17) is 4.42 Å². The maximum absolute atomic E-state index is 11.4. The molecule has 0 spiro atoms. The Morgan fingerprint density at radius 1 is 1.50 bits per heavy atom. The number of amides is 1. The van der Waals surface area contributed by atoms with Crippen molar-refractivity contribution < 1.29 is 9.21 Å². The van der Waals surface area contributed by atoms with Crippen LogP contribution in [0.25, 0.3) is 10.8 Å². The molecule has 0 aromatic carbocycles. The summed E-state index contributed by atoms with van der Waals surface area (Å²) in [6, 6.07) is 0. The first-order chi connectivity index (χ1) is 9.60. The molecule has 0 unspecified atom stereocenters. The standard InChI is InChI=1S/C12H14N4O2S2/c1-4-5-13-9(17)6-19-12-16-15-11(18-12)10-7(2)14-8(3)20-10/h4H,1,5-6H2,2-3H3,(H,13,17). The average Bonchev–Trinajstić information content (AvgIpc) is 3.00.